The van der Waals surface area contributed by atoms with Crippen LogP contribution in [0.3, 0.4) is 0 Å². The third kappa shape index (κ3) is 2.57. The molecule has 8 heteroatoms. The molecule has 2 heterocycles. The molecule has 0 saturated carbocycles. The molecule has 0 amide bonds. The summed E-state index contributed by atoms with van der Waals surface area (Å²) in [6.45, 7) is 0. The fourth-order valence-electron chi connectivity index (χ4n) is 1.90. The number of pyridine rings is 1. The van der Waals surface area contributed by atoms with Gasteiger partial charge in [-0.15, -0.1) is 0 Å². The van der Waals surface area contributed by atoms with Gasteiger partial charge in [-0.1, -0.05) is 23.2 Å². The van der Waals surface area contributed by atoms with Crippen molar-refractivity contribution in [1.82, 2.24) is 19.7 Å². The van der Waals surface area contributed by atoms with Crippen LogP contribution < -0.4 is 0 Å². The van der Waals surface area contributed by atoms with Crippen LogP contribution in [0.4, 0.5) is 4.39 Å². The monoisotopic (exact) mass is 340 g/mol. The first-order chi connectivity index (χ1) is 10.1. The maximum absolute atomic E-state index is 13.5. The third-order valence-corrected chi connectivity index (χ3v) is 3.66. The Labute approximate surface area is 134 Å². The van der Waals surface area contributed by atoms with Gasteiger partial charge in [0.15, 0.2) is 16.4 Å². The molecule has 0 radical (unpaired) electrons. The highest BCUT2D eigenvalue weighted by molar-refractivity contribution is 7.71. The smallest absolute Gasteiger partial charge is 0.200 e. The number of rotatable bonds is 2. The highest BCUT2D eigenvalue weighted by atomic mass is 35.5. The van der Waals surface area contributed by atoms with Crippen molar-refractivity contribution < 1.29 is 4.39 Å². The standard InChI is InChI=1S/C13H7Cl2FN4S/c14-9-5-8(6-10(15)11(9)16)20-12(18-19-13(20)21)7-1-3-17-4-2-7/h1-6H,(H,19,21). The molecule has 0 aliphatic rings. The first kappa shape index (κ1) is 14.2. The minimum atomic E-state index is -0.664. The number of hydrogen-bond donors (Lipinski definition) is 1. The van der Waals surface area contributed by atoms with Gasteiger partial charge in [0.25, 0.3) is 0 Å². The van der Waals surface area contributed by atoms with Crippen LogP contribution in [0.25, 0.3) is 17.1 Å². The SMILES string of the molecule is Fc1c(Cl)cc(-n2c(-c3ccncc3)n[nH]c2=S)cc1Cl. The molecule has 0 aliphatic carbocycles. The Kier molecular flexibility index (Phi) is 3.75. The number of hydrogen-bond acceptors (Lipinski definition) is 3. The molecular formula is C13H7Cl2FN4S. The Morgan fingerprint density at radius 1 is 1.14 bits per heavy atom. The van der Waals surface area contributed by atoms with E-state index in [0.29, 0.717) is 16.3 Å². The van der Waals surface area contributed by atoms with Gasteiger partial charge < -0.3 is 0 Å². The number of nitrogens with zero attached hydrogens (tertiary/aromatic N) is 3. The van der Waals surface area contributed by atoms with Crippen molar-refractivity contribution in [1.29, 1.82) is 0 Å². The molecule has 106 valence electrons. The van der Waals surface area contributed by atoms with E-state index in [1.54, 1.807) is 29.1 Å². The Morgan fingerprint density at radius 2 is 1.76 bits per heavy atom. The molecular weight excluding hydrogens is 334 g/mol. The molecule has 1 aromatic carbocycles. The van der Waals surface area contributed by atoms with Gasteiger partial charge in [0, 0.05) is 18.0 Å². The lowest BCUT2D eigenvalue weighted by atomic mass is 10.2. The molecule has 1 N–H and O–H groups in total. The lowest BCUT2D eigenvalue weighted by molar-refractivity contribution is 0.628. The van der Waals surface area contributed by atoms with Crippen LogP contribution in [0.2, 0.25) is 10.0 Å². The van der Waals surface area contributed by atoms with Crippen LogP contribution in [-0.4, -0.2) is 19.7 Å². The minimum absolute atomic E-state index is 0.0821. The third-order valence-electron chi connectivity index (χ3n) is 2.84. The van der Waals surface area contributed by atoms with Gasteiger partial charge in [0.1, 0.15) is 0 Å². The summed E-state index contributed by atoms with van der Waals surface area (Å²) < 4.78 is 15.5. The summed E-state index contributed by atoms with van der Waals surface area (Å²) >= 11 is 16.9. The van der Waals surface area contributed by atoms with Gasteiger partial charge in [0.05, 0.1) is 15.7 Å². The van der Waals surface area contributed by atoms with Crippen molar-refractivity contribution in [3.63, 3.8) is 0 Å². The summed E-state index contributed by atoms with van der Waals surface area (Å²) in [5.74, 6) is -0.108. The molecule has 21 heavy (non-hydrogen) atoms. The summed E-state index contributed by atoms with van der Waals surface area (Å²) in [6.07, 6.45) is 3.28. The van der Waals surface area contributed by atoms with E-state index in [4.69, 9.17) is 35.4 Å². The average Bonchev–Trinajstić information content (AvgIpc) is 2.87. The lowest BCUT2D eigenvalue weighted by Gasteiger charge is -2.08. The fourth-order valence-corrected chi connectivity index (χ4v) is 2.62. The largest absolute Gasteiger partial charge is 0.268 e. The maximum atomic E-state index is 13.5. The Bertz CT molecular complexity index is 837. The molecule has 0 unspecified atom stereocenters. The fraction of sp³-hybridized carbons (Fsp3) is 0. The van der Waals surface area contributed by atoms with Gasteiger partial charge in [-0.25, -0.2) is 4.39 Å². The van der Waals surface area contributed by atoms with Crippen LogP contribution in [0.5, 0.6) is 0 Å². The van der Waals surface area contributed by atoms with Crippen LogP contribution >= 0.6 is 35.4 Å². The number of aromatic nitrogens is 4. The second-order valence-electron chi connectivity index (χ2n) is 4.15. The van der Waals surface area contributed by atoms with Crippen LogP contribution in [0.15, 0.2) is 36.7 Å². The van der Waals surface area contributed by atoms with Crippen LogP contribution in [-0.2, 0) is 0 Å². The topological polar surface area (TPSA) is 46.5 Å². The van der Waals surface area contributed by atoms with Crippen molar-refractivity contribution in [2.75, 3.05) is 0 Å². The van der Waals surface area contributed by atoms with E-state index in [9.17, 15) is 4.39 Å². The summed E-state index contributed by atoms with van der Waals surface area (Å²) in [5.41, 5.74) is 1.32. The predicted molar refractivity (Wildman–Crippen MR) is 82.0 cm³/mol. The van der Waals surface area contributed by atoms with Crippen molar-refractivity contribution in [2.24, 2.45) is 0 Å². The van der Waals surface area contributed by atoms with Crippen molar-refractivity contribution in [3.8, 4) is 17.1 Å². The number of nitrogens with one attached hydrogen (secondary N) is 1. The van der Waals surface area contributed by atoms with Crippen molar-refractivity contribution in [3.05, 3.63) is 57.3 Å². The molecule has 0 fully saturated rings. The zero-order valence-electron chi connectivity index (χ0n) is 10.3. The van der Waals surface area contributed by atoms with E-state index >= 15 is 0 Å². The van der Waals surface area contributed by atoms with E-state index in [1.165, 1.54) is 12.1 Å². The molecule has 0 atom stereocenters. The van der Waals surface area contributed by atoms with E-state index in [2.05, 4.69) is 15.2 Å². The number of halogens is 3. The first-order valence-electron chi connectivity index (χ1n) is 5.80. The van der Waals surface area contributed by atoms with Crippen LogP contribution in [0.1, 0.15) is 0 Å². The Balaban J connectivity index is 2.25. The second kappa shape index (κ2) is 5.55. The molecule has 4 nitrogen and oxygen atoms in total. The van der Waals surface area contributed by atoms with Crippen molar-refractivity contribution >= 4 is 35.4 Å². The maximum Gasteiger partial charge on any atom is 0.200 e. The van der Waals surface area contributed by atoms with E-state index in [-0.39, 0.29) is 10.0 Å². The summed E-state index contributed by atoms with van der Waals surface area (Å²) in [6, 6.07) is 6.46. The first-order valence-corrected chi connectivity index (χ1v) is 6.97. The Hall–Kier alpha value is -1.76. The summed E-state index contributed by atoms with van der Waals surface area (Å²) in [5, 5.41) is 6.72. The quantitative estimate of drug-likeness (QED) is 0.554. The average molecular weight is 341 g/mol. The summed E-state index contributed by atoms with van der Waals surface area (Å²) in [4.78, 5) is 3.95. The number of H-pyrrole nitrogens is 1. The molecule has 2 aromatic heterocycles. The number of aromatic amines is 1. The highest BCUT2D eigenvalue weighted by Crippen LogP contribution is 2.29. The molecule has 3 aromatic rings. The van der Waals surface area contributed by atoms with E-state index < -0.39 is 5.82 Å². The predicted octanol–water partition coefficient (Wildman–Crippen LogP) is 4.44. The van der Waals surface area contributed by atoms with Crippen LogP contribution in [0, 0.1) is 10.6 Å². The zero-order chi connectivity index (χ0) is 15.0. The molecule has 0 bridgehead atoms. The van der Waals surface area contributed by atoms with Gasteiger partial charge in [0.2, 0.25) is 0 Å². The Morgan fingerprint density at radius 3 is 2.38 bits per heavy atom. The van der Waals surface area contributed by atoms with Gasteiger partial charge in [-0.2, -0.15) is 5.10 Å². The molecule has 3 rings (SSSR count). The second-order valence-corrected chi connectivity index (χ2v) is 5.35. The lowest BCUT2D eigenvalue weighted by Crippen LogP contribution is -1.99. The molecule has 0 saturated heterocycles. The van der Waals surface area contributed by atoms with E-state index in [0.717, 1.165) is 5.56 Å². The minimum Gasteiger partial charge on any atom is -0.268 e. The van der Waals surface area contributed by atoms with E-state index in [1.807, 2.05) is 0 Å². The highest BCUT2D eigenvalue weighted by Gasteiger charge is 2.14. The normalized spacial score (nSPS) is 10.8. The molecule has 0 spiro atoms. The van der Waals surface area contributed by atoms with Gasteiger partial charge >= 0.3 is 0 Å². The zero-order valence-corrected chi connectivity index (χ0v) is 12.7. The summed E-state index contributed by atoms with van der Waals surface area (Å²) in [7, 11) is 0. The van der Waals surface area contributed by atoms with Gasteiger partial charge in [-0.05, 0) is 36.5 Å². The molecule has 0 aliphatic heterocycles. The number of benzene rings is 1. The van der Waals surface area contributed by atoms with Crippen molar-refractivity contribution in [2.45, 2.75) is 0 Å². The van der Waals surface area contributed by atoms with Gasteiger partial charge in [-0.3, -0.25) is 14.6 Å².